The van der Waals surface area contributed by atoms with E-state index in [-0.39, 0.29) is 11.8 Å². The lowest BCUT2D eigenvalue weighted by Gasteiger charge is -2.33. The van der Waals surface area contributed by atoms with Gasteiger partial charge in [-0.3, -0.25) is 9.59 Å². The molecule has 2 fully saturated rings. The first-order valence-electron chi connectivity index (χ1n) is 10.7. The van der Waals surface area contributed by atoms with E-state index in [9.17, 15) is 9.59 Å². The minimum Gasteiger partial charge on any atom is -0.339 e. The van der Waals surface area contributed by atoms with Gasteiger partial charge in [-0.15, -0.1) is 0 Å². The van der Waals surface area contributed by atoms with Gasteiger partial charge < -0.3 is 15.1 Å². The van der Waals surface area contributed by atoms with Crippen LogP contribution in [0.25, 0.3) is 11.1 Å². The molecule has 29 heavy (non-hydrogen) atoms. The number of hydrogen-bond acceptors (Lipinski definition) is 3. The fourth-order valence-corrected chi connectivity index (χ4v) is 4.85. The highest BCUT2D eigenvalue weighted by atomic mass is 16.2. The van der Waals surface area contributed by atoms with Crippen molar-refractivity contribution in [1.29, 1.82) is 0 Å². The van der Waals surface area contributed by atoms with Gasteiger partial charge in [-0.05, 0) is 67.1 Å². The van der Waals surface area contributed by atoms with E-state index < -0.39 is 0 Å². The van der Waals surface area contributed by atoms with E-state index in [1.807, 2.05) is 46.2 Å². The van der Waals surface area contributed by atoms with Gasteiger partial charge in [-0.2, -0.15) is 0 Å². The Morgan fingerprint density at radius 1 is 0.966 bits per heavy atom. The van der Waals surface area contributed by atoms with Crippen LogP contribution in [0.5, 0.6) is 0 Å². The Hall–Kier alpha value is -2.66. The molecule has 2 saturated heterocycles. The third kappa shape index (κ3) is 3.44. The Labute approximate surface area is 171 Å². The van der Waals surface area contributed by atoms with Gasteiger partial charge in [0.1, 0.15) is 0 Å². The van der Waals surface area contributed by atoms with E-state index in [0.29, 0.717) is 6.04 Å². The molecule has 5 rings (SSSR count). The van der Waals surface area contributed by atoms with Crippen LogP contribution < -0.4 is 5.32 Å². The average Bonchev–Trinajstić information content (AvgIpc) is 3.48. The van der Waals surface area contributed by atoms with Crippen LogP contribution in [-0.2, 0) is 6.42 Å². The summed E-state index contributed by atoms with van der Waals surface area (Å²) in [7, 11) is 0. The fraction of sp³-hybridized carbons (Fsp3) is 0.417. The van der Waals surface area contributed by atoms with Gasteiger partial charge in [0, 0.05) is 43.3 Å². The van der Waals surface area contributed by atoms with Gasteiger partial charge in [0.15, 0.2) is 0 Å². The molecule has 1 unspecified atom stereocenters. The van der Waals surface area contributed by atoms with E-state index in [0.717, 1.165) is 86.2 Å². The van der Waals surface area contributed by atoms with Gasteiger partial charge in [0.05, 0.1) is 0 Å². The topological polar surface area (TPSA) is 52.7 Å². The lowest BCUT2D eigenvalue weighted by molar-refractivity contribution is 0.0674. The molecule has 3 heterocycles. The van der Waals surface area contributed by atoms with E-state index in [1.54, 1.807) is 0 Å². The highest BCUT2D eigenvalue weighted by Crippen LogP contribution is 2.28. The molecule has 5 heteroatoms. The quantitative estimate of drug-likeness (QED) is 0.878. The molecule has 0 aliphatic carbocycles. The predicted octanol–water partition coefficient (Wildman–Crippen LogP) is 2.95. The minimum absolute atomic E-state index is 0.131. The number of carbonyl (C=O) groups is 2. The minimum atomic E-state index is 0.131. The summed E-state index contributed by atoms with van der Waals surface area (Å²) in [6.45, 7) is 4.43. The summed E-state index contributed by atoms with van der Waals surface area (Å²) < 4.78 is 0. The highest BCUT2D eigenvalue weighted by Gasteiger charge is 2.31. The monoisotopic (exact) mass is 389 g/mol. The van der Waals surface area contributed by atoms with Crippen molar-refractivity contribution in [2.75, 3.05) is 32.7 Å². The second-order valence-corrected chi connectivity index (χ2v) is 8.34. The smallest absolute Gasteiger partial charge is 0.254 e. The normalized spacial score (nSPS) is 21.5. The Kier molecular flexibility index (Phi) is 4.84. The molecule has 0 saturated carbocycles. The molecule has 0 aromatic heterocycles. The summed E-state index contributed by atoms with van der Waals surface area (Å²) in [4.78, 5) is 29.5. The van der Waals surface area contributed by atoms with E-state index >= 15 is 0 Å². The van der Waals surface area contributed by atoms with E-state index in [1.165, 1.54) is 0 Å². The second-order valence-electron chi connectivity index (χ2n) is 8.34. The van der Waals surface area contributed by atoms with Crippen molar-refractivity contribution in [2.24, 2.45) is 0 Å². The Morgan fingerprint density at radius 2 is 1.72 bits per heavy atom. The molecule has 0 radical (unpaired) electrons. The number of rotatable bonds is 3. The first-order valence-corrected chi connectivity index (χ1v) is 10.7. The zero-order chi connectivity index (χ0) is 19.8. The predicted molar refractivity (Wildman–Crippen MR) is 113 cm³/mol. The molecule has 1 atom stereocenters. The molecule has 3 aliphatic rings. The summed E-state index contributed by atoms with van der Waals surface area (Å²) in [6, 6.07) is 14.4. The summed E-state index contributed by atoms with van der Waals surface area (Å²) in [6.07, 6.45) is 4.15. The van der Waals surface area contributed by atoms with Gasteiger partial charge in [-0.1, -0.05) is 24.3 Å². The second kappa shape index (κ2) is 7.64. The Balaban J connectivity index is 1.35. The average molecular weight is 389 g/mol. The molecule has 2 aromatic rings. The first-order chi connectivity index (χ1) is 14.2. The molecule has 2 amide bonds. The van der Waals surface area contributed by atoms with Gasteiger partial charge in [-0.25, -0.2) is 0 Å². The number of nitrogens with zero attached hydrogens (tertiary/aromatic N) is 2. The molecule has 150 valence electrons. The number of amides is 2. The van der Waals surface area contributed by atoms with Crippen LogP contribution in [0, 0.1) is 0 Å². The summed E-state index contributed by atoms with van der Waals surface area (Å²) in [5, 5.41) is 3.35. The van der Waals surface area contributed by atoms with Crippen LogP contribution in [-0.4, -0.2) is 60.4 Å². The van der Waals surface area contributed by atoms with Crippen molar-refractivity contribution >= 4 is 11.8 Å². The number of fused-ring (bicyclic) bond motifs is 1. The molecule has 1 N–H and O–H groups in total. The van der Waals surface area contributed by atoms with E-state index in [2.05, 4.69) is 11.4 Å². The molecule has 3 aliphatic heterocycles. The van der Waals surface area contributed by atoms with Crippen LogP contribution in [0.1, 0.15) is 45.5 Å². The number of nitrogens with one attached hydrogen (secondary N) is 1. The number of benzene rings is 2. The van der Waals surface area contributed by atoms with Crippen molar-refractivity contribution in [2.45, 2.75) is 31.7 Å². The van der Waals surface area contributed by atoms with Gasteiger partial charge in [0.25, 0.3) is 11.8 Å². The van der Waals surface area contributed by atoms with Crippen molar-refractivity contribution in [3.05, 3.63) is 59.2 Å². The maximum absolute atomic E-state index is 13.0. The molecule has 2 aromatic carbocycles. The standard InChI is InChI=1S/C24H27N3O2/c28-23(26-12-1-2-13-26)18-5-3-17(4-6-18)19-7-8-22-20(15-19)10-14-27(24(22)29)21-9-11-25-16-21/h3-8,15,21,25H,1-2,9-14,16H2. The van der Waals surface area contributed by atoms with Crippen molar-refractivity contribution in [3.8, 4) is 11.1 Å². The van der Waals surface area contributed by atoms with E-state index in [4.69, 9.17) is 0 Å². The Bertz CT molecular complexity index is 926. The summed E-state index contributed by atoms with van der Waals surface area (Å²) >= 11 is 0. The van der Waals surface area contributed by atoms with Gasteiger partial charge in [0.2, 0.25) is 0 Å². The number of likely N-dealkylation sites (tertiary alicyclic amines) is 1. The zero-order valence-electron chi connectivity index (χ0n) is 16.7. The lowest BCUT2D eigenvalue weighted by atomic mass is 9.93. The van der Waals surface area contributed by atoms with Crippen LogP contribution >= 0.6 is 0 Å². The van der Waals surface area contributed by atoms with Gasteiger partial charge >= 0.3 is 0 Å². The number of carbonyl (C=O) groups excluding carboxylic acids is 2. The van der Waals surface area contributed by atoms with Crippen molar-refractivity contribution < 1.29 is 9.59 Å². The SMILES string of the molecule is O=C(c1ccc(-c2ccc3c(c2)CCN(C2CCNC2)C3=O)cc1)N1CCCC1. The maximum atomic E-state index is 13.0. The molecule has 5 nitrogen and oxygen atoms in total. The fourth-order valence-electron chi connectivity index (χ4n) is 4.85. The molecular weight excluding hydrogens is 362 g/mol. The van der Waals surface area contributed by atoms with Crippen LogP contribution in [0.4, 0.5) is 0 Å². The summed E-state index contributed by atoms with van der Waals surface area (Å²) in [5.41, 5.74) is 4.91. The van der Waals surface area contributed by atoms with Crippen molar-refractivity contribution in [1.82, 2.24) is 15.1 Å². The Morgan fingerprint density at radius 3 is 2.45 bits per heavy atom. The largest absolute Gasteiger partial charge is 0.339 e. The maximum Gasteiger partial charge on any atom is 0.254 e. The van der Waals surface area contributed by atoms with Crippen molar-refractivity contribution in [3.63, 3.8) is 0 Å². The first kappa shape index (κ1) is 18.4. The third-order valence-corrected chi connectivity index (χ3v) is 6.55. The molecule has 0 spiro atoms. The van der Waals surface area contributed by atoms with Crippen LogP contribution in [0.15, 0.2) is 42.5 Å². The summed E-state index contributed by atoms with van der Waals surface area (Å²) in [5.74, 6) is 0.296. The van der Waals surface area contributed by atoms with Crippen LogP contribution in [0.3, 0.4) is 0 Å². The highest BCUT2D eigenvalue weighted by molar-refractivity contribution is 5.98. The third-order valence-electron chi connectivity index (χ3n) is 6.55. The number of hydrogen-bond donors (Lipinski definition) is 1. The lowest BCUT2D eigenvalue weighted by Crippen LogP contribution is -2.45. The molecular formula is C24H27N3O2. The molecule has 0 bridgehead atoms. The zero-order valence-corrected chi connectivity index (χ0v) is 16.7. The van der Waals surface area contributed by atoms with Crippen LogP contribution in [0.2, 0.25) is 0 Å².